The first-order valence-corrected chi connectivity index (χ1v) is 6.56. The van der Waals surface area contributed by atoms with Gasteiger partial charge in [0.25, 0.3) is 0 Å². The Hall–Kier alpha value is -2.13. The molecule has 0 aliphatic rings. The zero-order chi connectivity index (χ0) is 13.1. The third kappa shape index (κ3) is 2.37. The average molecular weight is 251 g/mol. The fourth-order valence-corrected chi connectivity index (χ4v) is 2.44. The predicted molar refractivity (Wildman–Crippen MR) is 77.2 cm³/mol. The zero-order valence-electron chi connectivity index (χ0n) is 10.8. The Morgan fingerprint density at radius 1 is 1.00 bits per heavy atom. The second-order valence-electron chi connectivity index (χ2n) is 4.65. The van der Waals surface area contributed by atoms with Crippen molar-refractivity contribution in [2.75, 3.05) is 6.54 Å². The lowest BCUT2D eigenvalue weighted by molar-refractivity contribution is 0.838. The smallest absolute Gasteiger partial charge is 0.114 e. The van der Waals surface area contributed by atoms with E-state index in [0.717, 1.165) is 24.2 Å². The van der Waals surface area contributed by atoms with E-state index in [4.69, 9.17) is 5.73 Å². The summed E-state index contributed by atoms with van der Waals surface area (Å²) in [5, 5.41) is 0. The van der Waals surface area contributed by atoms with E-state index in [1.54, 1.807) is 0 Å². The largest absolute Gasteiger partial charge is 0.330 e. The minimum absolute atomic E-state index is 0.624. The number of nitrogens with zero attached hydrogens (tertiary/aromatic N) is 2. The normalized spacial score (nSPS) is 11.0. The van der Waals surface area contributed by atoms with E-state index in [9.17, 15) is 0 Å². The monoisotopic (exact) mass is 251 g/mol. The number of hydrogen-bond donors (Lipinski definition) is 1. The van der Waals surface area contributed by atoms with Crippen LogP contribution in [0.25, 0.3) is 5.52 Å². The van der Waals surface area contributed by atoms with Gasteiger partial charge in [-0.25, -0.2) is 4.98 Å². The van der Waals surface area contributed by atoms with E-state index < -0.39 is 0 Å². The fourth-order valence-electron chi connectivity index (χ4n) is 2.44. The quantitative estimate of drug-likeness (QED) is 0.774. The van der Waals surface area contributed by atoms with Gasteiger partial charge in [0.05, 0.1) is 11.7 Å². The highest BCUT2D eigenvalue weighted by Crippen LogP contribution is 2.15. The van der Waals surface area contributed by atoms with Crippen molar-refractivity contribution < 1.29 is 0 Å². The summed E-state index contributed by atoms with van der Waals surface area (Å²) in [5.74, 6) is 1.05. The van der Waals surface area contributed by atoms with Gasteiger partial charge in [0.2, 0.25) is 0 Å². The molecule has 0 atom stereocenters. The number of nitrogens with two attached hydrogens (primary N) is 1. The SMILES string of the molecule is NCCc1ncc2cccc(Cc3ccccc3)n12. The fraction of sp³-hybridized carbons (Fsp3) is 0.188. The molecule has 0 aliphatic heterocycles. The van der Waals surface area contributed by atoms with Gasteiger partial charge in [-0.2, -0.15) is 0 Å². The molecule has 96 valence electrons. The number of imidazole rings is 1. The van der Waals surface area contributed by atoms with Gasteiger partial charge < -0.3 is 10.1 Å². The van der Waals surface area contributed by atoms with Crippen LogP contribution in [0.1, 0.15) is 17.1 Å². The molecule has 0 saturated carbocycles. The Morgan fingerprint density at radius 2 is 1.84 bits per heavy atom. The summed E-state index contributed by atoms with van der Waals surface area (Å²) in [4.78, 5) is 4.47. The number of hydrogen-bond acceptors (Lipinski definition) is 2. The van der Waals surface area contributed by atoms with Crippen molar-refractivity contribution in [1.82, 2.24) is 9.38 Å². The Morgan fingerprint density at radius 3 is 2.63 bits per heavy atom. The summed E-state index contributed by atoms with van der Waals surface area (Å²) < 4.78 is 2.22. The molecule has 0 saturated heterocycles. The van der Waals surface area contributed by atoms with Crippen LogP contribution in [0.2, 0.25) is 0 Å². The van der Waals surface area contributed by atoms with Crippen molar-refractivity contribution in [3.05, 3.63) is 71.8 Å². The number of aromatic nitrogens is 2. The molecule has 3 heteroatoms. The van der Waals surface area contributed by atoms with E-state index in [1.807, 2.05) is 12.3 Å². The molecule has 19 heavy (non-hydrogen) atoms. The highest BCUT2D eigenvalue weighted by atomic mass is 15.0. The molecular formula is C16H17N3. The van der Waals surface area contributed by atoms with Crippen LogP contribution in [0.3, 0.4) is 0 Å². The van der Waals surface area contributed by atoms with E-state index in [1.165, 1.54) is 11.3 Å². The van der Waals surface area contributed by atoms with Crippen LogP contribution in [0, 0.1) is 0 Å². The number of benzene rings is 1. The molecule has 0 radical (unpaired) electrons. The molecule has 3 aromatic rings. The van der Waals surface area contributed by atoms with Gasteiger partial charge >= 0.3 is 0 Å². The van der Waals surface area contributed by atoms with Crippen LogP contribution in [-0.2, 0) is 12.8 Å². The summed E-state index contributed by atoms with van der Waals surface area (Å²) in [6.45, 7) is 0.624. The number of rotatable bonds is 4. The van der Waals surface area contributed by atoms with Crippen molar-refractivity contribution in [2.45, 2.75) is 12.8 Å². The molecule has 0 unspecified atom stereocenters. The maximum Gasteiger partial charge on any atom is 0.114 e. The first-order valence-electron chi connectivity index (χ1n) is 6.56. The van der Waals surface area contributed by atoms with Crippen molar-refractivity contribution in [3.8, 4) is 0 Å². The van der Waals surface area contributed by atoms with Gasteiger partial charge in [-0.1, -0.05) is 36.4 Å². The molecule has 2 heterocycles. The Balaban J connectivity index is 2.05. The van der Waals surface area contributed by atoms with E-state index >= 15 is 0 Å². The summed E-state index contributed by atoms with van der Waals surface area (Å²) >= 11 is 0. The zero-order valence-corrected chi connectivity index (χ0v) is 10.8. The summed E-state index contributed by atoms with van der Waals surface area (Å²) in [7, 11) is 0. The Bertz CT molecular complexity index is 671. The van der Waals surface area contributed by atoms with Crippen LogP contribution in [0.4, 0.5) is 0 Å². The summed E-state index contributed by atoms with van der Waals surface area (Å²) in [6, 6.07) is 16.8. The van der Waals surface area contributed by atoms with E-state index in [-0.39, 0.29) is 0 Å². The lowest BCUT2D eigenvalue weighted by Gasteiger charge is -2.08. The van der Waals surface area contributed by atoms with Crippen molar-refractivity contribution in [2.24, 2.45) is 5.73 Å². The van der Waals surface area contributed by atoms with Crippen LogP contribution in [0.5, 0.6) is 0 Å². The first-order chi connectivity index (χ1) is 9.38. The van der Waals surface area contributed by atoms with Gasteiger partial charge in [-0.15, -0.1) is 0 Å². The van der Waals surface area contributed by atoms with Gasteiger partial charge in [0.1, 0.15) is 5.82 Å². The second-order valence-corrected chi connectivity index (χ2v) is 4.65. The minimum atomic E-state index is 0.624. The van der Waals surface area contributed by atoms with Crippen LogP contribution < -0.4 is 5.73 Å². The van der Waals surface area contributed by atoms with Crippen molar-refractivity contribution in [1.29, 1.82) is 0 Å². The lowest BCUT2D eigenvalue weighted by Crippen LogP contribution is -2.08. The lowest BCUT2D eigenvalue weighted by atomic mass is 10.1. The average Bonchev–Trinajstić information content (AvgIpc) is 2.85. The van der Waals surface area contributed by atoms with Crippen LogP contribution in [-0.4, -0.2) is 15.9 Å². The third-order valence-corrected chi connectivity index (χ3v) is 3.30. The standard InChI is InChI=1S/C16H17N3/c17-10-9-16-18-12-15-8-4-7-14(19(15)16)11-13-5-2-1-3-6-13/h1-8,12H,9-11,17H2. The molecule has 3 nitrogen and oxygen atoms in total. The molecular weight excluding hydrogens is 234 g/mol. The topological polar surface area (TPSA) is 43.3 Å². The first kappa shape index (κ1) is 11.9. The molecule has 0 amide bonds. The summed E-state index contributed by atoms with van der Waals surface area (Å²) in [5.41, 5.74) is 9.36. The molecule has 1 aromatic carbocycles. The predicted octanol–water partition coefficient (Wildman–Crippen LogP) is 2.43. The Labute approximate surface area is 112 Å². The Kier molecular flexibility index (Phi) is 3.29. The van der Waals surface area contributed by atoms with E-state index in [2.05, 4.69) is 51.8 Å². The van der Waals surface area contributed by atoms with Crippen LogP contribution in [0.15, 0.2) is 54.7 Å². The molecule has 0 fully saturated rings. The number of pyridine rings is 1. The molecule has 3 rings (SSSR count). The molecule has 0 aliphatic carbocycles. The van der Waals surface area contributed by atoms with Crippen molar-refractivity contribution in [3.63, 3.8) is 0 Å². The second kappa shape index (κ2) is 5.24. The van der Waals surface area contributed by atoms with Gasteiger partial charge in [-0.05, 0) is 24.2 Å². The summed E-state index contributed by atoms with van der Waals surface area (Å²) in [6.07, 6.45) is 3.63. The molecule has 0 bridgehead atoms. The van der Waals surface area contributed by atoms with E-state index in [0.29, 0.717) is 6.54 Å². The van der Waals surface area contributed by atoms with Crippen molar-refractivity contribution >= 4 is 5.52 Å². The van der Waals surface area contributed by atoms with Gasteiger partial charge in [0, 0.05) is 18.5 Å². The maximum atomic E-state index is 5.66. The van der Waals surface area contributed by atoms with Gasteiger partial charge in [-0.3, -0.25) is 0 Å². The highest BCUT2D eigenvalue weighted by molar-refractivity contribution is 5.48. The molecule has 2 aromatic heterocycles. The van der Waals surface area contributed by atoms with Crippen LogP contribution >= 0.6 is 0 Å². The minimum Gasteiger partial charge on any atom is -0.330 e. The molecule has 0 spiro atoms. The molecule has 2 N–H and O–H groups in total. The number of fused-ring (bicyclic) bond motifs is 1. The highest BCUT2D eigenvalue weighted by Gasteiger charge is 2.07. The third-order valence-electron chi connectivity index (χ3n) is 3.30. The maximum absolute atomic E-state index is 5.66. The van der Waals surface area contributed by atoms with Gasteiger partial charge in [0.15, 0.2) is 0 Å².